The lowest BCUT2D eigenvalue weighted by Gasteiger charge is -2.41. The number of H-pyrrole nitrogens is 1. The summed E-state index contributed by atoms with van der Waals surface area (Å²) in [5, 5.41) is 3.22. The minimum atomic E-state index is -0.616. The van der Waals surface area contributed by atoms with Gasteiger partial charge in [0.1, 0.15) is 5.92 Å². The Kier molecular flexibility index (Phi) is 4.03. The fourth-order valence-corrected chi connectivity index (χ4v) is 3.81. The number of carbonyl (C=O) groups excluding carboxylic acids is 2. The molecule has 2 aliphatic rings. The van der Waals surface area contributed by atoms with E-state index in [2.05, 4.69) is 30.7 Å². The average Bonchev–Trinajstić information content (AvgIpc) is 2.52. The Labute approximate surface area is 141 Å². The number of carbonyl (C=O) groups is 2. The highest BCUT2D eigenvalue weighted by Gasteiger charge is 2.46. The van der Waals surface area contributed by atoms with Gasteiger partial charge in [0.15, 0.2) is 18.2 Å². The van der Waals surface area contributed by atoms with Crippen molar-refractivity contribution in [2.75, 3.05) is 7.11 Å². The lowest BCUT2D eigenvalue weighted by molar-refractivity contribution is -0.378. The third-order valence-electron chi connectivity index (χ3n) is 4.80. The molecule has 2 unspecified atom stereocenters. The van der Waals surface area contributed by atoms with Crippen LogP contribution in [0.15, 0.2) is 48.1 Å². The minimum Gasteiger partial charge on any atom is -0.468 e. The Balaban J connectivity index is 2.18. The van der Waals surface area contributed by atoms with Gasteiger partial charge >= 0.3 is 5.97 Å². The van der Waals surface area contributed by atoms with E-state index < -0.39 is 5.92 Å². The summed E-state index contributed by atoms with van der Waals surface area (Å²) in [6.07, 6.45) is 4.86. The summed E-state index contributed by atoms with van der Waals surface area (Å²) in [5.41, 5.74) is 2.94. The van der Waals surface area contributed by atoms with Gasteiger partial charge in [0.25, 0.3) is 0 Å². The van der Waals surface area contributed by atoms with Crippen molar-refractivity contribution in [1.29, 1.82) is 0 Å². The zero-order valence-corrected chi connectivity index (χ0v) is 14.3. The topological polar surface area (TPSA) is 69.5 Å². The number of nitrogens with one attached hydrogen (secondary N) is 2. The molecule has 0 amide bonds. The van der Waals surface area contributed by atoms with Crippen molar-refractivity contribution < 1.29 is 19.3 Å². The number of esters is 1. The summed E-state index contributed by atoms with van der Waals surface area (Å²) in [6.45, 7) is 8.20. The largest absolute Gasteiger partial charge is 0.468 e. The Morgan fingerprint density at radius 1 is 1.42 bits per heavy atom. The Morgan fingerprint density at radius 3 is 2.79 bits per heavy atom. The standard InChI is InChI=1S/C19H22N2O3/c1-11-15(18(23)24-4)16(12-6-5-7-20-10-12)17-13(21-11)8-19(2,3)9-14(17)22/h5-7,10,15-16,21H,1,8-9H2,2-4H3/p+1. The highest BCUT2D eigenvalue weighted by molar-refractivity contribution is 6.00. The first-order chi connectivity index (χ1) is 11.3. The Bertz CT molecular complexity index is 734. The molecule has 0 bridgehead atoms. The number of hydrogen-bond donors (Lipinski definition) is 1. The highest BCUT2D eigenvalue weighted by Crippen LogP contribution is 2.47. The second-order valence-electron chi connectivity index (χ2n) is 7.30. The van der Waals surface area contributed by atoms with Crippen molar-refractivity contribution in [2.24, 2.45) is 11.3 Å². The summed E-state index contributed by atoms with van der Waals surface area (Å²) < 4.78 is 4.98. The van der Waals surface area contributed by atoms with Crippen molar-refractivity contribution in [2.45, 2.75) is 32.6 Å². The van der Waals surface area contributed by atoms with Gasteiger partial charge in [-0.2, -0.15) is 0 Å². The molecule has 0 saturated carbocycles. The van der Waals surface area contributed by atoms with Crippen LogP contribution in [0.25, 0.3) is 0 Å². The lowest BCUT2D eigenvalue weighted by Crippen LogP contribution is -2.43. The molecule has 1 aromatic rings. The predicted molar refractivity (Wildman–Crippen MR) is 88.6 cm³/mol. The molecule has 5 heteroatoms. The molecule has 3 rings (SSSR count). The van der Waals surface area contributed by atoms with E-state index >= 15 is 0 Å². The molecule has 0 fully saturated rings. The molecule has 0 saturated heterocycles. The maximum Gasteiger partial charge on any atom is 0.315 e. The Hall–Kier alpha value is -2.43. The molecule has 2 N–H and O–H groups in total. The summed E-state index contributed by atoms with van der Waals surface area (Å²) in [4.78, 5) is 28.3. The van der Waals surface area contributed by atoms with Crippen molar-refractivity contribution in [3.8, 4) is 0 Å². The van der Waals surface area contributed by atoms with Gasteiger partial charge in [-0.05, 0) is 17.9 Å². The summed E-state index contributed by atoms with van der Waals surface area (Å²) in [5.74, 6) is -1.29. The Morgan fingerprint density at radius 2 is 2.17 bits per heavy atom. The van der Waals surface area contributed by atoms with Crippen molar-refractivity contribution in [3.63, 3.8) is 0 Å². The second-order valence-corrected chi connectivity index (χ2v) is 7.30. The number of aromatic amines is 1. The molecule has 1 aromatic heterocycles. The number of allylic oxidation sites excluding steroid dienone is 2. The van der Waals surface area contributed by atoms with Crippen LogP contribution in [0.1, 0.15) is 38.2 Å². The predicted octanol–water partition coefficient (Wildman–Crippen LogP) is 2.13. The number of pyridine rings is 1. The van der Waals surface area contributed by atoms with E-state index in [-0.39, 0.29) is 23.1 Å². The first-order valence-corrected chi connectivity index (χ1v) is 8.10. The molecule has 2 heterocycles. The van der Waals surface area contributed by atoms with E-state index in [0.29, 0.717) is 17.7 Å². The van der Waals surface area contributed by atoms with Gasteiger partial charge in [-0.25, -0.2) is 4.98 Å². The van der Waals surface area contributed by atoms with E-state index in [4.69, 9.17) is 4.74 Å². The van der Waals surface area contributed by atoms with Crippen LogP contribution in [-0.2, 0) is 14.3 Å². The normalized spacial score (nSPS) is 25.8. The van der Waals surface area contributed by atoms with Gasteiger partial charge in [0, 0.05) is 40.9 Å². The zero-order valence-electron chi connectivity index (χ0n) is 14.3. The number of aromatic nitrogens is 1. The first kappa shape index (κ1) is 16.4. The average molecular weight is 327 g/mol. The first-order valence-electron chi connectivity index (χ1n) is 8.10. The van der Waals surface area contributed by atoms with E-state index in [0.717, 1.165) is 17.7 Å². The monoisotopic (exact) mass is 327 g/mol. The van der Waals surface area contributed by atoms with E-state index in [1.807, 2.05) is 18.3 Å². The molecule has 5 nitrogen and oxygen atoms in total. The number of ketones is 1. The van der Waals surface area contributed by atoms with Crippen LogP contribution in [0.4, 0.5) is 0 Å². The maximum atomic E-state index is 12.9. The summed E-state index contributed by atoms with van der Waals surface area (Å²) in [6, 6.07) is 3.79. The van der Waals surface area contributed by atoms with E-state index in [1.54, 1.807) is 6.20 Å². The molecule has 1 aliphatic heterocycles. The number of rotatable bonds is 2. The molecule has 126 valence electrons. The molecule has 1 aliphatic carbocycles. The van der Waals surface area contributed by atoms with Crippen LogP contribution >= 0.6 is 0 Å². The second kappa shape index (κ2) is 5.89. The molecule has 0 radical (unpaired) electrons. The van der Waals surface area contributed by atoms with Gasteiger partial charge in [0.2, 0.25) is 0 Å². The maximum absolute atomic E-state index is 12.9. The van der Waals surface area contributed by atoms with Crippen LogP contribution in [0.2, 0.25) is 0 Å². The smallest absolute Gasteiger partial charge is 0.315 e. The van der Waals surface area contributed by atoms with Crippen LogP contribution in [-0.4, -0.2) is 18.9 Å². The van der Waals surface area contributed by atoms with Crippen LogP contribution in [0, 0.1) is 11.3 Å². The van der Waals surface area contributed by atoms with Gasteiger partial charge in [-0.3, -0.25) is 9.59 Å². The zero-order chi connectivity index (χ0) is 17.5. The number of methoxy groups -OCH3 is 1. The third-order valence-corrected chi connectivity index (χ3v) is 4.80. The van der Waals surface area contributed by atoms with Crippen molar-refractivity contribution >= 4 is 11.8 Å². The van der Waals surface area contributed by atoms with E-state index in [9.17, 15) is 9.59 Å². The number of hydrogen-bond acceptors (Lipinski definition) is 4. The van der Waals surface area contributed by atoms with Crippen LogP contribution in [0.5, 0.6) is 0 Å². The summed E-state index contributed by atoms with van der Waals surface area (Å²) in [7, 11) is 1.36. The fraction of sp³-hybridized carbons (Fsp3) is 0.421. The van der Waals surface area contributed by atoms with Crippen molar-refractivity contribution in [1.82, 2.24) is 5.32 Å². The molecular formula is C19H23N2O3+. The van der Waals surface area contributed by atoms with Gasteiger partial charge in [0.05, 0.1) is 7.11 Å². The van der Waals surface area contributed by atoms with Gasteiger partial charge in [-0.1, -0.05) is 20.4 Å². The van der Waals surface area contributed by atoms with Gasteiger partial charge < -0.3 is 10.1 Å². The summed E-state index contributed by atoms with van der Waals surface area (Å²) >= 11 is 0. The molecular weight excluding hydrogens is 304 g/mol. The van der Waals surface area contributed by atoms with Crippen molar-refractivity contribution in [3.05, 3.63) is 53.6 Å². The minimum absolute atomic E-state index is 0.0870. The third kappa shape index (κ3) is 2.75. The van der Waals surface area contributed by atoms with E-state index in [1.165, 1.54) is 7.11 Å². The highest BCUT2D eigenvalue weighted by atomic mass is 16.5. The molecule has 0 spiro atoms. The van der Waals surface area contributed by atoms with Crippen LogP contribution < -0.4 is 10.3 Å². The lowest BCUT2D eigenvalue weighted by atomic mass is 9.66. The molecule has 2 atom stereocenters. The quantitative estimate of drug-likeness (QED) is 0.845. The SMILES string of the molecule is C=C1NC2=C(C(=O)CC(C)(C)C2)C(c2ccc[nH+]c2)C1C(=O)OC. The fourth-order valence-electron chi connectivity index (χ4n) is 3.81. The number of Topliss-reactive ketones (excluding diaryl/α,β-unsaturated/α-hetero) is 1. The number of ether oxygens (including phenoxy) is 1. The molecule has 0 aromatic carbocycles. The van der Waals surface area contributed by atoms with Gasteiger partial charge in [-0.15, -0.1) is 0 Å². The van der Waals surface area contributed by atoms with Crippen LogP contribution in [0.3, 0.4) is 0 Å². The molecule has 24 heavy (non-hydrogen) atoms.